The summed E-state index contributed by atoms with van der Waals surface area (Å²) in [7, 11) is 1.97. The van der Waals surface area contributed by atoms with Gasteiger partial charge in [-0.25, -0.2) is 0 Å². The van der Waals surface area contributed by atoms with Crippen molar-refractivity contribution in [2.45, 2.75) is 18.0 Å². The van der Waals surface area contributed by atoms with E-state index in [0.29, 0.717) is 25.1 Å². The van der Waals surface area contributed by atoms with E-state index < -0.39 is 0 Å². The number of nitrogens with one attached hydrogen (secondary N) is 1. The van der Waals surface area contributed by atoms with Crippen molar-refractivity contribution in [3.8, 4) is 11.5 Å². The number of benzene rings is 1. The lowest BCUT2D eigenvalue weighted by molar-refractivity contribution is -0.120. The van der Waals surface area contributed by atoms with Crippen LogP contribution in [-0.4, -0.2) is 77.5 Å². The van der Waals surface area contributed by atoms with Crippen LogP contribution < -0.4 is 14.8 Å². The van der Waals surface area contributed by atoms with Crippen molar-refractivity contribution in [3.05, 3.63) is 29.6 Å². The minimum Gasteiger partial charge on any atom is -0.454 e. The Morgan fingerprint density at radius 1 is 1.20 bits per heavy atom. The summed E-state index contributed by atoms with van der Waals surface area (Å²) in [5, 5.41) is 12.4. The van der Waals surface area contributed by atoms with Crippen LogP contribution in [0.25, 0.3) is 0 Å². The van der Waals surface area contributed by atoms with Crippen LogP contribution in [-0.2, 0) is 29.4 Å². The first kappa shape index (κ1) is 21.0. The second-order valence-corrected chi connectivity index (χ2v) is 8.29. The quantitative estimate of drug-likeness (QED) is 0.583. The molecule has 9 nitrogen and oxygen atoms in total. The fourth-order valence-corrected chi connectivity index (χ4v) is 4.32. The first-order valence-electron chi connectivity index (χ1n) is 10.2. The number of fused-ring (bicyclic) bond motifs is 1. The van der Waals surface area contributed by atoms with Crippen molar-refractivity contribution in [1.82, 2.24) is 25.0 Å². The largest absolute Gasteiger partial charge is 0.454 e. The van der Waals surface area contributed by atoms with Gasteiger partial charge in [-0.2, -0.15) is 0 Å². The SMILES string of the molecule is Cn1c(CCNC(=O)Cc2ccc3c(c2)OCO3)nnc1SCCN1CCOCC1. The molecule has 1 saturated heterocycles. The van der Waals surface area contributed by atoms with Crippen LogP contribution in [0.5, 0.6) is 11.5 Å². The van der Waals surface area contributed by atoms with Crippen LogP contribution in [0, 0.1) is 0 Å². The maximum absolute atomic E-state index is 12.2. The Hall–Kier alpha value is -2.30. The van der Waals surface area contributed by atoms with E-state index in [2.05, 4.69) is 20.4 Å². The molecule has 0 saturated carbocycles. The van der Waals surface area contributed by atoms with Crippen LogP contribution in [0.15, 0.2) is 23.4 Å². The third-order valence-electron chi connectivity index (χ3n) is 5.14. The number of aromatic nitrogens is 3. The minimum atomic E-state index is -0.0313. The topological polar surface area (TPSA) is 90.7 Å². The van der Waals surface area contributed by atoms with Crippen molar-refractivity contribution in [1.29, 1.82) is 0 Å². The Morgan fingerprint density at radius 3 is 2.90 bits per heavy atom. The van der Waals surface area contributed by atoms with Crippen molar-refractivity contribution in [2.75, 3.05) is 51.9 Å². The molecule has 30 heavy (non-hydrogen) atoms. The number of ether oxygens (including phenoxy) is 3. The van der Waals surface area contributed by atoms with Gasteiger partial charge in [0.05, 0.1) is 19.6 Å². The van der Waals surface area contributed by atoms with Gasteiger partial charge in [0.1, 0.15) is 5.82 Å². The molecule has 0 atom stereocenters. The predicted octanol–water partition coefficient (Wildman–Crippen LogP) is 0.869. The zero-order valence-electron chi connectivity index (χ0n) is 17.1. The fraction of sp³-hybridized carbons (Fsp3) is 0.550. The maximum atomic E-state index is 12.2. The summed E-state index contributed by atoms with van der Waals surface area (Å²) in [5.74, 6) is 3.22. The molecule has 1 N–H and O–H groups in total. The van der Waals surface area contributed by atoms with Crippen LogP contribution in [0.4, 0.5) is 0 Å². The number of hydrogen-bond donors (Lipinski definition) is 1. The number of thioether (sulfide) groups is 1. The molecular formula is C20H27N5O4S. The summed E-state index contributed by atoms with van der Waals surface area (Å²) in [5.41, 5.74) is 0.898. The summed E-state index contributed by atoms with van der Waals surface area (Å²) in [6, 6.07) is 5.57. The fourth-order valence-electron chi connectivity index (χ4n) is 3.39. The standard InChI is InChI=1S/C20H27N5O4S/c1-24-18(22-23-20(24)30-11-8-25-6-9-27-10-7-25)4-5-21-19(26)13-15-2-3-16-17(12-15)29-14-28-16/h2-3,12H,4-11,13-14H2,1H3,(H,21,26). The molecule has 10 heteroatoms. The lowest BCUT2D eigenvalue weighted by Gasteiger charge is -2.26. The Bertz CT molecular complexity index is 869. The van der Waals surface area contributed by atoms with E-state index in [1.54, 1.807) is 11.8 Å². The Kier molecular flexibility index (Phi) is 7.08. The number of nitrogens with zero attached hydrogens (tertiary/aromatic N) is 4. The number of amides is 1. The molecule has 2 aliphatic rings. The number of rotatable bonds is 9. The van der Waals surface area contributed by atoms with E-state index in [1.165, 1.54) is 0 Å². The van der Waals surface area contributed by atoms with Crippen LogP contribution in [0.3, 0.4) is 0 Å². The molecule has 1 aromatic heterocycles. The van der Waals surface area contributed by atoms with E-state index in [-0.39, 0.29) is 12.7 Å². The summed E-state index contributed by atoms with van der Waals surface area (Å²) in [6.45, 7) is 5.40. The molecule has 0 bridgehead atoms. The van der Waals surface area contributed by atoms with Crippen molar-refractivity contribution >= 4 is 17.7 Å². The first-order chi connectivity index (χ1) is 14.7. The molecule has 0 unspecified atom stereocenters. The second-order valence-electron chi connectivity index (χ2n) is 7.22. The lowest BCUT2D eigenvalue weighted by Crippen LogP contribution is -2.37. The average molecular weight is 434 g/mol. The van der Waals surface area contributed by atoms with Gasteiger partial charge in [0.15, 0.2) is 16.7 Å². The van der Waals surface area contributed by atoms with E-state index in [0.717, 1.165) is 60.9 Å². The second kappa shape index (κ2) is 10.1. The lowest BCUT2D eigenvalue weighted by atomic mass is 10.1. The van der Waals surface area contributed by atoms with Gasteiger partial charge in [-0.15, -0.1) is 10.2 Å². The van der Waals surface area contributed by atoms with Crippen molar-refractivity contribution in [3.63, 3.8) is 0 Å². The van der Waals surface area contributed by atoms with Gasteiger partial charge >= 0.3 is 0 Å². The molecule has 1 aromatic carbocycles. The van der Waals surface area contributed by atoms with Crippen LogP contribution in [0.1, 0.15) is 11.4 Å². The highest BCUT2D eigenvalue weighted by Gasteiger charge is 2.15. The van der Waals surface area contributed by atoms with Crippen LogP contribution >= 0.6 is 11.8 Å². The zero-order chi connectivity index (χ0) is 20.8. The van der Waals surface area contributed by atoms with E-state index in [1.807, 2.05) is 29.8 Å². The molecule has 4 rings (SSSR count). The third kappa shape index (κ3) is 5.44. The van der Waals surface area contributed by atoms with E-state index in [4.69, 9.17) is 14.2 Å². The summed E-state index contributed by atoms with van der Waals surface area (Å²) in [4.78, 5) is 14.6. The molecule has 2 aliphatic heterocycles. The van der Waals surface area contributed by atoms with Gasteiger partial charge in [-0.1, -0.05) is 17.8 Å². The van der Waals surface area contributed by atoms with Crippen molar-refractivity contribution < 1.29 is 19.0 Å². The maximum Gasteiger partial charge on any atom is 0.231 e. The van der Waals surface area contributed by atoms with Crippen LogP contribution in [0.2, 0.25) is 0 Å². The Balaban J connectivity index is 1.18. The molecule has 0 radical (unpaired) electrons. The molecule has 0 aliphatic carbocycles. The highest BCUT2D eigenvalue weighted by atomic mass is 32.2. The monoisotopic (exact) mass is 433 g/mol. The highest BCUT2D eigenvalue weighted by Crippen LogP contribution is 2.32. The normalized spacial score (nSPS) is 16.0. The summed E-state index contributed by atoms with van der Waals surface area (Å²) < 4.78 is 18.0. The zero-order valence-corrected chi connectivity index (χ0v) is 17.9. The molecule has 0 spiro atoms. The van der Waals surface area contributed by atoms with Gasteiger partial charge in [-0.3, -0.25) is 9.69 Å². The number of morpholine rings is 1. The molecular weight excluding hydrogens is 406 g/mol. The predicted molar refractivity (Wildman–Crippen MR) is 112 cm³/mol. The minimum absolute atomic E-state index is 0.0313. The highest BCUT2D eigenvalue weighted by molar-refractivity contribution is 7.99. The Labute approximate surface area is 180 Å². The van der Waals surface area contributed by atoms with Crippen molar-refractivity contribution in [2.24, 2.45) is 7.05 Å². The number of carbonyl (C=O) groups is 1. The summed E-state index contributed by atoms with van der Waals surface area (Å²) in [6.07, 6.45) is 0.943. The smallest absolute Gasteiger partial charge is 0.231 e. The van der Waals surface area contributed by atoms with E-state index >= 15 is 0 Å². The van der Waals surface area contributed by atoms with E-state index in [9.17, 15) is 4.79 Å². The molecule has 1 amide bonds. The molecule has 2 aromatic rings. The van der Waals surface area contributed by atoms with Gasteiger partial charge in [-0.05, 0) is 17.7 Å². The van der Waals surface area contributed by atoms with Gasteiger partial charge < -0.3 is 24.1 Å². The molecule has 162 valence electrons. The molecule has 3 heterocycles. The Morgan fingerprint density at radius 2 is 2.03 bits per heavy atom. The summed E-state index contributed by atoms with van der Waals surface area (Å²) >= 11 is 1.71. The third-order valence-corrected chi connectivity index (χ3v) is 6.14. The first-order valence-corrected chi connectivity index (χ1v) is 11.1. The van der Waals surface area contributed by atoms with Gasteiger partial charge in [0.2, 0.25) is 12.7 Å². The molecule has 1 fully saturated rings. The average Bonchev–Trinajstić information content (AvgIpc) is 3.36. The number of hydrogen-bond acceptors (Lipinski definition) is 8. The van der Waals surface area contributed by atoms with Gasteiger partial charge in [0.25, 0.3) is 0 Å². The number of carbonyl (C=O) groups excluding carboxylic acids is 1. The van der Waals surface area contributed by atoms with Gasteiger partial charge in [0, 0.05) is 45.4 Å².